The molecule has 2 rings (SSSR count). The van der Waals surface area contributed by atoms with Crippen molar-refractivity contribution in [2.75, 3.05) is 7.11 Å². The summed E-state index contributed by atoms with van der Waals surface area (Å²) < 4.78 is 54.0. The predicted molar refractivity (Wildman–Crippen MR) is 64.1 cm³/mol. The maximum Gasteiger partial charge on any atom is 0.419 e. The summed E-state index contributed by atoms with van der Waals surface area (Å²) in [6, 6.07) is 2.41. The van der Waals surface area contributed by atoms with Crippen LogP contribution in [-0.2, 0) is 15.7 Å². The van der Waals surface area contributed by atoms with Crippen molar-refractivity contribution < 1.29 is 27.1 Å². The van der Waals surface area contributed by atoms with Crippen LogP contribution in [0.5, 0.6) is 0 Å². The van der Waals surface area contributed by atoms with Crippen LogP contribution in [0.2, 0.25) is 0 Å². The third-order valence-corrected chi connectivity index (χ3v) is 4.10. The van der Waals surface area contributed by atoms with Crippen LogP contribution in [0.4, 0.5) is 17.6 Å². The number of benzene rings is 1. The van der Waals surface area contributed by atoms with Gasteiger partial charge in [-0.05, 0) is 17.7 Å². The van der Waals surface area contributed by atoms with E-state index in [9.17, 15) is 22.4 Å². The van der Waals surface area contributed by atoms with Crippen LogP contribution in [0.3, 0.4) is 0 Å². The van der Waals surface area contributed by atoms with Crippen LogP contribution in [0, 0.1) is 11.7 Å². The largest absolute Gasteiger partial charge is 0.469 e. The second-order valence-electron chi connectivity index (χ2n) is 4.39. The summed E-state index contributed by atoms with van der Waals surface area (Å²) in [6.45, 7) is 0. The Morgan fingerprint density at radius 3 is 2.45 bits per heavy atom. The lowest BCUT2D eigenvalue weighted by Gasteiger charge is -2.10. The van der Waals surface area contributed by atoms with E-state index in [1.165, 1.54) is 0 Å². The van der Waals surface area contributed by atoms with Crippen LogP contribution in [-0.4, -0.2) is 17.4 Å². The molecule has 0 aliphatic heterocycles. The maximum atomic E-state index is 13.2. The molecule has 1 aliphatic carbocycles. The molecule has 0 unspecified atom stereocenters. The monoisotopic (exact) mass is 330 g/mol. The van der Waals surface area contributed by atoms with Gasteiger partial charge in [-0.3, -0.25) is 4.79 Å². The van der Waals surface area contributed by atoms with E-state index in [-0.39, 0.29) is 5.56 Å². The van der Waals surface area contributed by atoms with E-state index in [1.807, 2.05) is 0 Å². The zero-order valence-corrected chi connectivity index (χ0v) is 11.5. The molecule has 2 atom stereocenters. The summed E-state index contributed by atoms with van der Waals surface area (Å²) in [7, 11) is 1.12. The first-order valence-corrected chi connectivity index (χ1v) is 6.18. The molecule has 0 saturated heterocycles. The summed E-state index contributed by atoms with van der Waals surface area (Å²) in [5.41, 5.74) is -1.38. The highest BCUT2D eigenvalue weighted by atomic mass is 35.5. The van der Waals surface area contributed by atoms with Gasteiger partial charge in [0.05, 0.1) is 12.7 Å². The Morgan fingerprint density at radius 2 is 1.95 bits per heavy atom. The molecular weight excluding hydrogens is 323 g/mol. The Hall–Kier alpha value is -1.01. The highest BCUT2D eigenvalue weighted by Gasteiger charge is 2.68. The van der Waals surface area contributed by atoms with Crippen molar-refractivity contribution in [3.8, 4) is 0 Å². The number of hydrogen-bond acceptors (Lipinski definition) is 2. The molecule has 8 heteroatoms. The molecule has 20 heavy (non-hydrogen) atoms. The number of rotatable bonds is 2. The van der Waals surface area contributed by atoms with E-state index in [4.69, 9.17) is 23.2 Å². The quantitative estimate of drug-likeness (QED) is 0.467. The fourth-order valence-corrected chi connectivity index (χ4v) is 2.92. The molecule has 0 N–H and O–H groups in total. The highest BCUT2D eigenvalue weighted by Crippen LogP contribution is 2.65. The van der Waals surface area contributed by atoms with Crippen molar-refractivity contribution in [3.63, 3.8) is 0 Å². The Labute approximate surface area is 121 Å². The summed E-state index contributed by atoms with van der Waals surface area (Å²) in [5, 5.41) is 0. The first-order chi connectivity index (χ1) is 9.10. The SMILES string of the molecule is COC(=O)[C@@H]1[C@@H](c2ccc(F)c(C(F)(F)F)c2)C1(Cl)Cl. The molecule has 0 radical (unpaired) electrons. The van der Waals surface area contributed by atoms with E-state index in [2.05, 4.69) is 4.74 Å². The molecular formula is C12H8Cl2F4O2. The molecule has 0 heterocycles. The van der Waals surface area contributed by atoms with Crippen LogP contribution in [0.1, 0.15) is 17.0 Å². The summed E-state index contributed by atoms with van der Waals surface area (Å²) >= 11 is 11.8. The van der Waals surface area contributed by atoms with Crippen molar-refractivity contribution in [1.29, 1.82) is 0 Å². The smallest absolute Gasteiger partial charge is 0.419 e. The first-order valence-electron chi connectivity index (χ1n) is 5.43. The number of methoxy groups -OCH3 is 1. The molecule has 1 saturated carbocycles. The van der Waals surface area contributed by atoms with E-state index < -0.39 is 39.7 Å². The lowest BCUT2D eigenvalue weighted by atomic mass is 10.0. The van der Waals surface area contributed by atoms with Crippen molar-refractivity contribution in [2.45, 2.75) is 16.4 Å². The second-order valence-corrected chi connectivity index (χ2v) is 5.83. The molecule has 1 aliphatic rings. The van der Waals surface area contributed by atoms with Crippen LogP contribution in [0.25, 0.3) is 0 Å². The molecule has 0 amide bonds. The fourth-order valence-electron chi connectivity index (χ4n) is 2.12. The Balaban J connectivity index is 2.39. The zero-order chi connectivity index (χ0) is 15.3. The average molecular weight is 331 g/mol. The molecule has 0 spiro atoms. The number of hydrogen-bond donors (Lipinski definition) is 0. The van der Waals surface area contributed by atoms with E-state index in [0.29, 0.717) is 12.1 Å². The van der Waals surface area contributed by atoms with Crippen molar-refractivity contribution >= 4 is 29.2 Å². The minimum atomic E-state index is -4.84. The molecule has 0 bridgehead atoms. The third kappa shape index (κ3) is 2.46. The fraction of sp³-hybridized carbons (Fsp3) is 0.417. The van der Waals surface area contributed by atoms with Crippen LogP contribution in [0.15, 0.2) is 18.2 Å². The number of alkyl halides is 5. The van der Waals surface area contributed by atoms with Crippen molar-refractivity contribution in [1.82, 2.24) is 0 Å². The topological polar surface area (TPSA) is 26.3 Å². The number of carbonyl (C=O) groups excluding carboxylic acids is 1. The summed E-state index contributed by atoms with van der Waals surface area (Å²) in [5.74, 6) is -3.95. The third-order valence-electron chi connectivity index (χ3n) is 3.16. The van der Waals surface area contributed by atoms with Crippen LogP contribution >= 0.6 is 23.2 Å². The van der Waals surface area contributed by atoms with Gasteiger partial charge in [0.15, 0.2) is 0 Å². The summed E-state index contributed by atoms with van der Waals surface area (Å²) in [4.78, 5) is 11.4. The molecule has 110 valence electrons. The van der Waals surface area contributed by atoms with E-state index >= 15 is 0 Å². The minimum absolute atomic E-state index is 0.0409. The van der Waals surface area contributed by atoms with Gasteiger partial charge in [0.25, 0.3) is 0 Å². The Kier molecular flexibility index (Phi) is 3.67. The van der Waals surface area contributed by atoms with Gasteiger partial charge in [-0.15, -0.1) is 0 Å². The van der Waals surface area contributed by atoms with Gasteiger partial charge < -0.3 is 4.74 Å². The van der Waals surface area contributed by atoms with Gasteiger partial charge in [-0.1, -0.05) is 29.3 Å². The number of ether oxygens (including phenoxy) is 1. The molecule has 2 nitrogen and oxygen atoms in total. The average Bonchev–Trinajstić information content (AvgIpc) is 2.90. The van der Waals surface area contributed by atoms with Gasteiger partial charge in [-0.2, -0.15) is 13.2 Å². The molecule has 1 aromatic rings. The van der Waals surface area contributed by atoms with Gasteiger partial charge in [0.2, 0.25) is 0 Å². The number of halogens is 6. The summed E-state index contributed by atoms with van der Waals surface area (Å²) in [6.07, 6.45) is -4.84. The normalized spacial score (nSPS) is 24.4. The minimum Gasteiger partial charge on any atom is -0.469 e. The van der Waals surface area contributed by atoms with Crippen molar-refractivity contribution in [2.24, 2.45) is 5.92 Å². The van der Waals surface area contributed by atoms with E-state index in [1.54, 1.807) is 0 Å². The lowest BCUT2D eigenvalue weighted by Crippen LogP contribution is -2.09. The Bertz CT molecular complexity index is 557. The van der Waals surface area contributed by atoms with Gasteiger partial charge in [0, 0.05) is 5.92 Å². The lowest BCUT2D eigenvalue weighted by molar-refractivity contribution is -0.142. The zero-order valence-electron chi connectivity index (χ0n) is 9.97. The maximum absolute atomic E-state index is 13.2. The molecule has 0 aromatic heterocycles. The van der Waals surface area contributed by atoms with E-state index in [0.717, 1.165) is 13.2 Å². The van der Waals surface area contributed by atoms with Gasteiger partial charge >= 0.3 is 12.1 Å². The van der Waals surface area contributed by atoms with Crippen molar-refractivity contribution in [3.05, 3.63) is 35.1 Å². The molecule has 1 aromatic carbocycles. The van der Waals surface area contributed by atoms with Crippen LogP contribution < -0.4 is 0 Å². The van der Waals surface area contributed by atoms with Gasteiger partial charge in [0.1, 0.15) is 16.1 Å². The number of esters is 1. The number of carbonyl (C=O) groups is 1. The first kappa shape index (κ1) is 15.4. The van der Waals surface area contributed by atoms with Gasteiger partial charge in [-0.25, -0.2) is 4.39 Å². The standard InChI is InChI=1S/C12H8Cl2F4O2/c1-20-10(19)9-8(11(9,13)14)5-2-3-7(15)6(4-5)12(16,17)18/h2-4,8-9H,1H3/t8-,9+/m1/s1. The second kappa shape index (κ2) is 4.77. The highest BCUT2D eigenvalue weighted by molar-refractivity contribution is 6.53. The predicted octanol–water partition coefficient (Wildman–Crippen LogP) is 3.90. The molecule has 1 fully saturated rings. The Morgan fingerprint density at radius 1 is 1.35 bits per heavy atom.